The minimum atomic E-state index is -0.256. The number of likely N-dealkylation sites (tertiary alicyclic amines) is 1. The van der Waals surface area contributed by atoms with Gasteiger partial charge in [-0.15, -0.1) is 0 Å². The van der Waals surface area contributed by atoms with Crippen molar-refractivity contribution in [1.82, 2.24) is 19.7 Å². The highest BCUT2D eigenvalue weighted by molar-refractivity contribution is 5.95. The van der Waals surface area contributed by atoms with Crippen molar-refractivity contribution in [3.8, 4) is 0 Å². The number of cyclic esters (lactones) is 1. The Hall–Kier alpha value is -2.35. The van der Waals surface area contributed by atoms with E-state index in [9.17, 15) is 14.4 Å². The van der Waals surface area contributed by atoms with Gasteiger partial charge in [-0.2, -0.15) is 0 Å². The highest BCUT2D eigenvalue weighted by Crippen LogP contribution is 2.21. The van der Waals surface area contributed by atoms with Gasteiger partial charge in [0.15, 0.2) is 0 Å². The largest absolute Gasteiger partial charge is 0.448 e. The molecule has 0 radical (unpaired) electrons. The second-order valence-electron chi connectivity index (χ2n) is 8.37. The van der Waals surface area contributed by atoms with Crippen LogP contribution in [0.5, 0.6) is 0 Å². The number of rotatable bonds is 4. The van der Waals surface area contributed by atoms with Crippen molar-refractivity contribution in [1.29, 1.82) is 0 Å². The Morgan fingerprint density at radius 2 is 2.00 bits per heavy atom. The molecule has 0 bridgehead atoms. The van der Waals surface area contributed by atoms with Crippen LogP contribution in [0, 0.1) is 12.8 Å². The third-order valence-electron chi connectivity index (χ3n) is 6.43. The van der Waals surface area contributed by atoms with Gasteiger partial charge in [0.05, 0.1) is 6.54 Å². The first kappa shape index (κ1) is 19.9. The molecule has 3 aliphatic rings. The van der Waals surface area contributed by atoms with Crippen LogP contribution in [0.3, 0.4) is 0 Å². The number of aryl methyl sites for hydroxylation is 1. The summed E-state index contributed by atoms with van der Waals surface area (Å²) in [5.74, 6) is 0.231. The van der Waals surface area contributed by atoms with Crippen molar-refractivity contribution in [2.24, 2.45) is 5.92 Å². The van der Waals surface area contributed by atoms with Gasteiger partial charge in [-0.25, -0.2) is 4.79 Å². The zero-order chi connectivity index (χ0) is 20.4. The van der Waals surface area contributed by atoms with E-state index >= 15 is 0 Å². The van der Waals surface area contributed by atoms with E-state index in [2.05, 4.69) is 5.32 Å². The Kier molecular flexibility index (Phi) is 5.89. The van der Waals surface area contributed by atoms with Gasteiger partial charge in [0, 0.05) is 31.9 Å². The van der Waals surface area contributed by atoms with E-state index < -0.39 is 0 Å². The van der Waals surface area contributed by atoms with E-state index in [-0.39, 0.29) is 29.2 Å². The minimum Gasteiger partial charge on any atom is -0.448 e. The van der Waals surface area contributed by atoms with Crippen LogP contribution in [0.15, 0.2) is 17.1 Å². The molecule has 8 heteroatoms. The normalized spacial score (nSPS) is 23.3. The van der Waals surface area contributed by atoms with Gasteiger partial charge in [0.2, 0.25) is 0 Å². The van der Waals surface area contributed by atoms with E-state index in [1.807, 2.05) is 19.2 Å². The highest BCUT2D eigenvalue weighted by atomic mass is 16.6. The molecule has 1 atom stereocenters. The fourth-order valence-corrected chi connectivity index (χ4v) is 4.70. The summed E-state index contributed by atoms with van der Waals surface area (Å²) < 4.78 is 6.73. The second-order valence-corrected chi connectivity index (χ2v) is 8.37. The molecule has 3 aliphatic heterocycles. The number of amides is 2. The van der Waals surface area contributed by atoms with Crippen molar-refractivity contribution in [2.75, 3.05) is 39.3 Å². The summed E-state index contributed by atoms with van der Waals surface area (Å²) in [4.78, 5) is 41.6. The van der Waals surface area contributed by atoms with Crippen LogP contribution < -0.4 is 10.9 Å². The summed E-state index contributed by atoms with van der Waals surface area (Å²) in [7, 11) is 0. The van der Waals surface area contributed by atoms with Gasteiger partial charge >= 0.3 is 6.09 Å². The van der Waals surface area contributed by atoms with Crippen molar-refractivity contribution >= 4 is 12.0 Å². The average molecular weight is 402 g/mol. The van der Waals surface area contributed by atoms with Gasteiger partial charge in [0.25, 0.3) is 11.5 Å². The lowest BCUT2D eigenvalue weighted by Crippen LogP contribution is -2.48. The van der Waals surface area contributed by atoms with Crippen LogP contribution in [0.4, 0.5) is 4.79 Å². The first-order chi connectivity index (χ1) is 14.0. The summed E-state index contributed by atoms with van der Waals surface area (Å²) in [5, 5.41) is 3.38. The molecule has 4 rings (SSSR count). The molecule has 0 aromatic carbocycles. The fourth-order valence-electron chi connectivity index (χ4n) is 4.70. The van der Waals surface area contributed by atoms with Crippen LogP contribution in [0.2, 0.25) is 0 Å². The monoisotopic (exact) mass is 402 g/mol. The predicted octanol–water partition coefficient (Wildman–Crippen LogP) is 1.21. The standard InChI is InChI=1S/C21H30N4O4/c1-15-4-8-24(14-16-3-2-7-22-13-16)20(27)18(15)19(26)23-9-5-17(6-10-23)25-11-12-29-21(25)28/h4,8,16-17,22H,2-3,5-7,9-14H2,1H3. The lowest BCUT2D eigenvalue weighted by molar-refractivity contribution is 0.0655. The Labute approximate surface area is 170 Å². The van der Waals surface area contributed by atoms with Crippen LogP contribution in [0.1, 0.15) is 41.6 Å². The summed E-state index contributed by atoms with van der Waals surface area (Å²) in [6.45, 7) is 6.58. The number of hydrogen-bond acceptors (Lipinski definition) is 5. The van der Waals surface area contributed by atoms with Gasteiger partial charge in [-0.05, 0) is 63.2 Å². The number of aromatic nitrogens is 1. The van der Waals surface area contributed by atoms with Crippen molar-refractivity contribution < 1.29 is 14.3 Å². The maximum atomic E-state index is 13.2. The van der Waals surface area contributed by atoms with Crippen molar-refractivity contribution in [2.45, 2.75) is 45.2 Å². The van der Waals surface area contributed by atoms with Crippen LogP contribution in [0.25, 0.3) is 0 Å². The van der Waals surface area contributed by atoms with E-state index in [0.717, 1.165) is 31.5 Å². The maximum Gasteiger partial charge on any atom is 0.410 e. The fraction of sp³-hybridized carbons (Fsp3) is 0.667. The SMILES string of the molecule is Cc1ccn(CC2CCCNC2)c(=O)c1C(=O)N1CCC(N2CCOC2=O)CC1. The molecule has 8 nitrogen and oxygen atoms in total. The second kappa shape index (κ2) is 8.57. The molecule has 0 spiro atoms. The lowest BCUT2D eigenvalue weighted by Gasteiger charge is -2.35. The zero-order valence-corrected chi connectivity index (χ0v) is 17.1. The quantitative estimate of drug-likeness (QED) is 0.819. The summed E-state index contributed by atoms with van der Waals surface area (Å²) >= 11 is 0. The number of pyridine rings is 1. The first-order valence-corrected chi connectivity index (χ1v) is 10.7. The van der Waals surface area contributed by atoms with E-state index in [1.165, 1.54) is 0 Å². The summed E-state index contributed by atoms with van der Waals surface area (Å²) in [6, 6.07) is 1.99. The summed E-state index contributed by atoms with van der Waals surface area (Å²) in [5.41, 5.74) is 0.824. The van der Waals surface area contributed by atoms with Gasteiger partial charge in [0.1, 0.15) is 12.2 Å². The number of carbonyl (C=O) groups is 2. The molecule has 1 aromatic heterocycles. The molecule has 1 aromatic rings. The number of nitrogens with zero attached hydrogens (tertiary/aromatic N) is 3. The number of ether oxygens (including phenoxy) is 1. The molecule has 1 unspecified atom stereocenters. The number of hydrogen-bond donors (Lipinski definition) is 1. The molecule has 3 fully saturated rings. The Morgan fingerprint density at radius 1 is 1.21 bits per heavy atom. The lowest BCUT2D eigenvalue weighted by atomic mass is 9.99. The number of carbonyl (C=O) groups excluding carboxylic acids is 2. The van der Waals surface area contributed by atoms with Crippen molar-refractivity contribution in [3.63, 3.8) is 0 Å². The number of piperidine rings is 2. The Morgan fingerprint density at radius 3 is 2.66 bits per heavy atom. The van der Waals surface area contributed by atoms with E-state index in [1.54, 1.807) is 14.4 Å². The molecule has 2 amide bonds. The van der Waals surface area contributed by atoms with E-state index in [0.29, 0.717) is 51.5 Å². The third kappa shape index (κ3) is 4.17. The Balaban J connectivity index is 1.45. The molecule has 3 saturated heterocycles. The Bertz CT molecular complexity index is 822. The third-order valence-corrected chi connectivity index (χ3v) is 6.43. The van der Waals surface area contributed by atoms with Crippen LogP contribution in [-0.4, -0.2) is 71.7 Å². The smallest absolute Gasteiger partial charge is 0.410 e. The van der Waals surface area contributed by atoms with Crippen LogP contribution in [-0.2, 0) is 11.3 Å². The molecular weight excluding hydrogens is 372 g/mol. The van der Waals surface area contributed by atoms with Gasteiger partial charge in [-0.3, -0.25) is 9.59 Å². The first-order valence-electron chi connectivity index (χ1n) is 10.7. The van der Waals surface area contributed by atoms with Gasteiger partial charge in [-0.1, -0.05) is 0 Å². The molecular formula is C21H30N4O4. The predicted molar refractivity (Wildman–Crippen MR) is 108 cm³/mol. The molecule has 4 heterocycles. The highest BCUT2D eigenvalue weighted by Gasteiger charge is 2.34. The van der Waals surface area contributed by atoms with E-state index in [4.69, 9.17) is 4.74 Å². The van der Waals surface area contributed by atoms with Crippen LogP contribution >= 0.6 is 0 Å². The topological polar surface area (TPSA) is 83.9 Å². The maximum absolute atomic E-state index is 13.2. The van der Waals surface area contributed by atoms with Gasteiger partial charge < -0.3 is 24.4 Å². The van der Waals surface area contributed by atoms with Crippen molar-refractivity contribution in [3.05, 3.63) is 33.7 Å². The number of nitrogens with one attached hydrogen (secondary N) is 1. The molecule has 158 valence electrons. The molecule has 1 N–H and O–H groups in total. The molecule has 0 aliphatic carbocycles. The molecule has 0 saturated carbocycles. The minimum absolute atomic E-state index is 0.112. The summed E-state index contributed by atoms with van der Waals surface area (Å²) in [6.07, 6.45) is 5.21. The molecule has 29 heavy (non-hydrogen) atoms. The zero-order valence-electron chi connectivity index (χ0n) is 17.1. The average Bonchev–Trinajstić information content (AvgIpc) is 3.17.